The summed E-state index contributed by atoms with van der Waals surface area (Å²) in [5.41, 5.74) is 1.98. The Kier molecular flexibility index (Phi) is 3.83. The van der Waals surface area contributed by atoms with Crippen molar-refractivity contribution in [1.29, 1.82) is 0 Å². The van der Waals surface area contributed by atoms with E-state index < -0.39 is 11.2 Å². The van der Waals surface area contributed by atoms with Gasteiger partial charge < -0.3 is 14.2 Å². The maximum Gasteiger partial charge on any atom is 0.309 e. The first-order valence-corrected chi connectivity index (χ1v) is 8.81. The third-order valence-corrected chi connectivity index (χ3v) is 5.35. The summed E-state index contributed by atoms with van der Waals surface area (Å²) in [4.78, 5) is 4.45. The maximum absolute atomic E-state index is 10.3. The first-order chi connectivity index (χ1) is 12.3. The van der Waals surface area contributed by atoms with Crippen LogP contribution in [0.15, 0.2) is 53.1 Å². The van der Waals surface area contributed by atoms with Crippen LogP contribution < -0.4 is 5.46 Å². The summed E-state index contributed by atoms with van der Waals surface area (Å²) in [5.74, 6) is 0. The molecule has 0 unspecified atom stereocenters. The summed E-state index contributed by atoms with van der Waals surface area (Å²) in [6, 6.07) is 14.2. The minimum absolute atomic E-state index is 0.418. The monoisotopic (exact) mass is 347 g/mol. The Labute approximate surface area is 153 Å². The molecule has 2 heterocycles. The van der Waals surface area contributed by atoms with E-state index in [1.165, 1.54) is 0 Å². The van der Waals surface area contributed by atoms with E-state index in [0.717, 1.165) is 38.3 Å². The molecule has 1 N–H and O–H groups in total. The average Bonchev–Trinajstić information content (AvgIpc) is 2.98. The Balaban J connectivity index is 1.77. The Morgan fingerprint density at radius 2 is 1.81 bits per heavy atom. The van der Waals surface area contributed by atoms with Crippen molar-refractivity contribution in [3.63, 3.8) is 0 Å². The molecule has 0 amide bonds. The lowest BCUT2D eigenvalue weighted by molar-refractivity contribution is -0.0893. The highest BCUT2D eigenvalue weighted by molar-refractivity contribution is 6.47. The van der Waals surface area contributed by atoms with E-state index in [4.69, 9.17) is 9.07 Å². The molecule has 2 aromatic heterocycles. The first kappa shape index (κ1) is 17.1. The van der Waals surface area contributed by atoms with E-state index in [2.05, 4.69) is 35.3 Å². The van der Waals surface area contributed by atoms with Crippen LogP contribution in [0.4, 0.5) is 0 Å². The number of furan rings is 1. The third kappa shape index (κ3) is 2.77. The standard InChI is InChI=1S/C21H22BNO3/c1-20(2,24)21(3,4)26-22-14-9-7-13-8-10-15-18-17(6-5-11-23-18)25-19(15)16(13)12-14/h5-12,22,24H,1-4H3. The molecule has 0 atom stereocenters. The number of nitrogens with zero attached hydrogens (tertiary/aromatic N) is 1. The summed E-state index contributed by atoms with van der Waals surface area (Å²) in [6.45, 7) is 7.32. The van der Waals surface area contributed by atoms with Gasteiger partial charge in [0.1, 0.15) is 11.1 Å². The van der Waals surface area contributed by atoms with Crippen LogP contribution in [0, 0.1) is 0 Å². The van der Waals surface area contributed by atoms with Gasteiger partial charge in [0.15, 0.2) is 5.58 Å². The molecule has 0 fully saturated rings. The molecule has 4 nitrogen and oxygen atoms in total. The van der Waals surface area contributed by atoms with Crippen LogP contribution in [-0.4, -0.2) is 28.8 Å². The lowest BCUT2D eigenvalue weighted by atomic mass is 9.82. The van der Waals surface area contributed by atoms with Gasteiger partial charge in [0.2, 0.25) is 0 Å². The number of hydrogen-bond donors (Lipinski definition) is 1. The predicted molar refractivity (Wildman–Crippen MR) is 107 cm³/mol. The second-order valence-electron chi connectivity index (χ2n) is 7.81. The Hall–Kier alpha value is -2.37. The quantitative estimate of drug-likeness (QED) is 0.572. The minimum Gasteiger partial charge on any atom is -0.454 e. The van der Waals surface area contributed by atoms with E-state index in [1.54, 1.807) is 20.0 Å². The molecule has 0 radical (unpaired) electrons. The number of aliphatic hydroxyl groups is 1. The highest BCUT2D eigenvalue weighted by atomic mass is 16.5. The number of rotatable bonds is 4. The van der Waals surface area contributed by atoms with Crippen molar-refractivity contribution in [1.82, 2.24) is 4.98 Å². The fourth-order valence-corrected chi connectivity index (χ4v) is 2.95. The number of fused-ring (bicyclic) bond motifs is 5. The zero-order valence-corrected chi connectivity index (χ0v) is 15.5. The van der Waals surface area contributed by atoms with Gasteiger partial charge in [0.25, 0.3) is 0 Å². The van der Waals surface area contributed by atoms with Crippen LogP contribution >= 0.6 is 0 Å². The van der Waals surface area contributed by atoms with Crippen molar-refractivity contribution in [2.45, 2.75) is 38.9 Å². The molecule has 0 aliphatic carbocycles. The fourth-order valence-electron chi connectivity index (χ4n) is 2.95. The molecule has 0 saturated carbocycles. The predicted octanol–water partition coefficient (Wildman–Crippen LogP) is 3.68. The molecule has 0 aliphatic heterocycles. The highest BCUT2D eigenvalue weighted by Crippen LogP contribution is 2.32. The zero-order valence-electron chi connectivity index (χ0n) is 15.5. The largest absolute Gasteiger partial charge is 0.454 e. The molecule has 4 aromatic rings. The SMILES string of the molecule is CC(C)(O)C(C)(C)OBc1ccc2ccc3c4ncccc4oc3c2c1. The Morgan fingerprint density at radius 1 is 1.04 bits per heavy atom. The van der Waals surface area contributed by atoms with Crippen molar-refractivity contribution >= 4 is 45.8 Å². The lowest BCUT2D eigenvalue weighted by Crippen LogP contribution is -2.49. The molecule has 132 valence electrons. The molecule has 0 aliphatic rings. The van der Waals surface area contributed by atoms with Gasteiger partial charge in [-0.2, -0.15) is 0 Å². The van der Waals surface area contributed by atoms with Gasteiger partial charge in [0.05, 0.1) is 11.2 Å². The highest BCUT2D eigenvalue weighted by Gasteiger charge is 2.35. The summed E-state index contributed by atoms with van der Waals surface area (Å²) < 4.78 is 12.1. The molecule has 4 rings (SSSR count). The van der Waals surface area contributed by atoms with Crippen LogP contribution in [0.5, 0.6) is 0 Å². The van der Waals surface area contributed by atoms with Crippen molar-refractivity contribution in [2.24, 2.45) is 0 Å². The van der Waals surface area contributed by atoms with Gasteiger partial charge in [-0.05, 0) is 51.3 Å². The molecule has 2 aromatic carbocycles. The average molecular weight is 347 g/mol. The summed E-state index contributed by atoms with van der Waals surface area (Å²) >= 11 is 0. The van der Waals surface area contributed by atoms with Crippen molar-refractivity contribution in [2.75, 3.05) is 0 Å². The van der Waals surface area contributed by atoms with E-state index in [-0.39, 0.29) is 0 Å². The number of hydrogen-bond acceptors (Lipinski definition) is 4. The van der Waals surface area contributed by atoms with Crippen molar-refractivity contribution in [3.05, 3.63) is 48.7 Å². The molecule has 0 bridgehead atoms. The summed E-state index contributed by atoms with van der Waals surface area (Å²) in [5, 5.41) is 13.4. The van der Waals surface area contributed by atoms with E-state index >= 15 is 0 Å². The zero-order chi connectivity index (χ0) is 18.5. The second kappa shape index (κ2) is 5.83. The Bertz CT molecular complexity index is 1110. The van der Waals surface area contributed by atoms with Crippen LogP contribution in [0.2, 0.25) is 0 Å². The first-order valence-electron chi connectivity index (χ1n) is 8.81. The lowest BCUT2D eigenvalue weighted by Gasteiger charge is -2.37. The normalized spacial score (nSPS) is 13.0. The number of aromatic nitrogens is 1. The molecular formula is C21H22BNO3. The number of pyridine rings is 1. The van der Waals surface area contributed by atoms with E-state index in [1.807, 2.05) is 26.0 Å². The fraction of sp³-hybridized carbons (Fsp3) is 0.286. The molecule has 26 heavy (non-hydrogen) atoms. The van der Waals surface area contributed by atoms with Crippen LogP contribution in [0.3, 0.4) is 0 Å². The molecule has 0 spiro atoms. The van der Waals surface area contributed by atoms with Crippen LogP contribution in [0.25, 0.3) is 32.8 Å². The maximum atomic E-state index is 10.3. The van der Waals surface area contributed by atoms with Gasteiger partial charge in [-0.1, -0.05) is 29.7 Å². The third-order valence-electron chi connectivity index (χ3n) is 5.35. The van der Waals surface area contributed by atoms with Crippen molar-refractivity contribution in [3.8, 4) is 0 Å². The smallest absolute Gasteiger partial charge is 0.309 e. The van der Waals surface area contributed by atoms with Gasteiger partial charge in [-0.25, -0.2) is 0 Å². The van der Waals surface area contributed by atoms with Gasteiger partial charge in [-0.3, -0.25) is 4.98 Å². The van der Waals surface area contributed by atoms with Crippen LogP contribution in [-0.2, 0) is 4.65 Å². The molecule has 5 heteroatoms. The van der Waals surface area contributed by atoms with Gasteiger partial charge in [-0.15, -0.1) is 0 Å². The summed E-state index contributed by atoms with van der Waals surface area (Å²) in [6.07, 6.45) is 1.78. The number of benzene rings is 2. The summed E-state index contributed by atoms with van der Waals surface area (Å²) in [7, 11) is 0.418. The van der Waals surface area contributed by atoms with Crippen LogP contribution in [0.1, 0.15) is 27.7 Å². The van der Waals surface area contributed by atoms with E-state index in [9.17, 15) is 5.11 Å². The minimum atomic E-state index is -0.929. The molecular weight excluding hydrogens is 325 g/mol. The van der Waals surface area contributed by atoms with E-state index in [0.29, 0.717) is 7.48 Å². The molecule has 0 saturated heterocycles. The topological polar surface area (TPSA) is 55.5 Å². The second-order valence-corrected chi connectivity index (χ2v) is 7.81. The van der Waals surface area contributed by atoms with Crippen molar-refractivity contribution < 1.29 is 14.2 Å². The van der Waals surface area contributed by atoms with Gasteiger partial charge >= 0.3 is 7.48 Å². The van der Waals surface area contributed by atoms with Gasteiger partial charge in [0, 0.05) is 17.0 Å². The Morgan fingerprint density at radius 3 is 2.58 bits per heavy atom.